The van der Waals surface area contributed by atoms with E-state index in [4.69, 9.17) is 4.42 Å². The summed E-state index contributed by atoms with van der Waals surface area (Å²) in [6.07, 6.45) is 0. The number of para-hydroxylation sites is 1. The number of aromatic nitrogens is 2. The number of anilines is 1. The van der Waals surface area contributed by atoms with Gasteiger partial charge in [0.1, 0.15) is 11.3 Å². The van der Waals surface area contributed by atoms with Gasteiger partial charge in [0.25, 0.3) is 0 Å². The molecule has 3 aromatic rings. The Labute approximate surface area is 147 Å². The minimum Gasteiger partial charge on any atom is -0.459 e. The third-order valence-corrected chi connectivity index (χ3v) is 4.26. The van der Waals surface area contributed by atoms with Crippen molar-refractivity contribution in [3.8, 4) is 0 Å². The van der Waals surface area contributed by atoms with Gasteiger partial charge in [-0.15, -0.1) is 0 Å². The van der Waals surface area contributed by atoms with Crippen LogP contribution >= 0.6 is 0 Å². The Morgan fingerprint density at radius 3 is 2.68 bits per heavy atom. The molecule has 2 heterocycles. The molecule has 0 radical (unpaired) electrons. The number of fused-ring (bicyclic) bond motifs is 1. The molecule has 0 saturated heterocycles. The zero-order valence-electron chi connectivity index (χ0n) is 15.3. The Morgan fingerprint density at radius 2 is 2.04 bits per heavy atom. The summed E-state index contributed by atoms with van der Waals surface area (Å²) in [5.41, 5.74) is 3.38. The van der Waals surface area contributed by atoms with Crippen molar-refractivity contribution in [3.05, 3.63) is 47.5 Å². The van der Waals surface area contributed by atoms with Gasteiger partial charge in [-0.1, -0.05) is 18.2 Å². The Hall–Kier alpha value is -2.76. The van der Waals surface area contributed by atoms with E-state index >= 15 is 0 Å². The highest BCUT2D eigenvalue weighted by molar-refractivity contribution is 5.90. The first-order valence-corrected chi connectivity index (χ1v) is 8.42. The summed E-state index contributed by atoms with van der Waals surface area (Å²) in [4.78, 5) is 14.2. The number of hydrogen-bond donors (Lipinski definition) is 1. The second-order valence-corrected chi connectivity index (χ2v) is 6.62. The number of benzene rings is 1. The third-order valence-electron chi connectivity index (χ3n) is 4.26. The summed E-state index contributed by atoms with van der Waals surface area (Å²) in [6.45, 7) is 8.41. The van der Waals surface area contributed by atoms with Crippen molar-refractivity contribution in [1.29, 1.82) is 0 Å². The average Bonchev–Trinajstić information content (AvgIpc) is 3.09. The maximum atomic E-state index is 12.6. The molecule has 0 aliphatic carbocycles. The molecule has 6 nitrogen and oxygen atoms in total. The van der Waals surface area contributed by atoms with Crippen LogP contribution in [0.5, 0.6) is 0 Å². The van der Waals surface area contributed by atoms with Crippen LogP contribution in [0.2, 0.25) is 0 Å². The van der Waals surface area contributed by atoms with Crippen LogP contribution in [0.3, 0.4) is 0 Å². The molecular formula is C19H24N4O2. The lowest BCUT2D eigenvalue weighted by Crippen LogP contribution is -2.31. The van der Waals surface area contributed by atoms with Gasteiger partial charge in [0.2, 0.25) is 0 Å². The van der Waals surface area contributed by atoms with Gasteiger partial charge in [-0.2, -0.15) is 5.10 Å². The van der Waals surface area contributed by atoms with Crippen LogP contribution in [-0.4, -0.2) is 27.8 Å². The van der Waals surface area contributed by atoms with Crippen LogP contribution in [0.25, 0.3) is 11.0 Å². The smallest absolute Gasteiger partial charge is 0.322 e. The number of furan rings is 1. The number of carbonyl (C=O) groups excluding carboxylic acids is 1. The lowest BCUT2D eigenvalue weighted by Gasteiger charge is -2.17. The Morgan fingerprint density at radius 1 is 1.32 bits per heavy atom. The van der Waals surface area contributed by atoms with Gasteiger partial charge >= 0.3 is 6.03 Å². The topological polar surface area (TPSA) is 63.3 Å². The highest BCUT2D eigenvalue weighted by atomic mass is 16.3. The lowest BCUT2D eigenvalue weighted by molar-refractivity contribution is 0.217. The second-order valence-electron chi connectivity index (χ2n) is 6.62. The maximum absolute atomic E-state index is 12.6. The molecule has 6 heteroatoms. The Kier molecular flexibility index (Phi) is 4.53. The lowest BCUT2D eigenvalue weighted by atomic mass is 10.2. The predicted octanol–water partition coefficient (Wildman–Crippen LogP) is 4.49. The van der Waals surface area contributed by atoms with E-state index in [1.165, 1.54) is 0 Å². The first-order chi connectivity index (χ1) is 11.9. The number of nitrogens with one attached hydrogen (secondary N) is 1. The number of nitrogens with zero attached hydrogens (tertiary/aromatic N) is 3. The fourth-order valence-corrected chi connectivity index (χ4v) is 2.97. The van der Waals surface area contributed by atoms with Crippen LogP contribution in [0.4, 0.5) is 10.5 Å². The van der Waals surface area contributed by atoms with Gasteiger partial charge < -0.3 is 14.6 Å². The molecule has 0 unspecified atom stereocenters. The van der Waals surface area contributed by atoms with Crippen LogP contribution in [-0.2, 0) is 6.54 Å². The maximum Gasteiger partial charge on any atom is 0.322 e. The fourth-order valence-electron chi connectivity index (χ4n) is 2.97. The fraction of sp³-hybridized carbons (Fsp3) is 0.368. The average molecular weight is 340 g/mol. The van der Waals surface area contributed by atoms with Crippen molar-refractivity contribution in [2.75, 3.05) is 12.4 Å². The molecule has 0 fully saturated rings. The molecule has 0 spiro atoms. The molecule has 0 aliphatic heterocycles. The Bertz CT molecular complexity index is 874. The molecule has 0 bridgehead atoms. The third kappa shape index (κ3) is 3.38. The predicted molar refractivity (Wildman–Crippen MR) is 98.8 cm³/mol. The molecule has 2 aromatic heterocycles. The molecule has 3 rings (SSSR count). The standard InChI is InChI=1S/C19H24N4O2/c1-12(2)23-14(4)18(13(3)21-23)20-19(24)22(5)11-16-10-15-8-6-7-9-17(15)25-16/h6-10,12H,11H2,1-5H3,(H,20,24). The summed E-state index contributed by atoms with van der Waals surface area (Å²) in [5, 5.41) is 8.51. The number of urea groups is 1. The summed E-state index contributed by atoms with van der Waals surface area (Å²) < 4.78 is 7.70. The molecule has 0 saturated carbocycles. The van der Waals surface area contributed by atoms with Crippen molar-refractivity contribution in [3.63, 3.8) is 0 Å². The van der Waals surface area contributed by atoms with Crippen LogP contribution in [0, 0.1) is 13.8 Å². The van der Waals surface area contributed by atoms with Crippen molar-refractivity contribution in [1.82, 2.24) is 14.7 Å². The van der Waals surface area contributed by atoms with E-state index in [9.17, 15) is 4.79 Å². The van der Waals surface area contributed by atoms with Crippen molar-refractivity contribution >= 4 is 22.7 Å². The van der Waals surface area contributed by atoms with Crippen LogP contribution in [0.1, 0.15) is 37.0 Å². The largest absolute Gasteiger partial charge is 0.459 e. The summed E-state index contributed by atoms with van der Waals surface area (Å²) in [5.74, 6) is 0.755. The normalized spacial score (nSPS) is 11.3. The zero-order valence-corrected chi connectivity index (χ0v) is 15.3. The molecule has 1 aromatic carbocycles. The molecule has 1 N–H and O–H groups in total. The minimum atomic E-state index is -0.185. The van der Waals surface area contributed by atoms with Gasteiger partial charge in [-0.25, -0.2) is 4.79 Å². The van der Waals surface area contributed by atoms with Gasteiger partial charge in [-0.3, -0.25) is 4.68 Å². The number of amides is 2. The number of hydrogen-bond acceptors (Lipinski definition) is 3. The van der Waals surface area contributed by atoms with Gasteiger partial charge in [0.05, 0.1) is 23.6 Å². The zero-order chi connectivity index (χ0) is 18.1. The van der Waals surface area contributed by atoms with Gasteiger partial charge in [0.15, 0.2) is 0 Å². The molecule has 25 heavy (non-hydrogen) atoms. The summed E-state index contributed by atoms with van der Waals surface area (Å²) >= 11 is 0. The second kappa shape index (κ2) is 6.63. The van der Waals surface area contributed by atoms with E-state index in [1.54, 1.807) is 11.9 Å². The van der Waals surface area contributed by atoms with E-state index < -0.39 is 0 Å². The van der Waals surface area contributed by atoms with Gasteiger partial charge in [0, 0.05) is 18.5 Å². The van der Waals surface area contributed by atoms with Crippen molar-refractivity contribution < 1.29 is 9.21 Å². The Balaban J connectivity index is 1.72. The van der Waals surface area contributed by atoms with E-state index in [2.05, 4.69) is 24.3 Å². The summed E-state index contributed by atoms with van der Waals surface area (Å²) in [7, 11) is 1.75. The highest BCUT2D eigenvalue weighted by Crippen LogP contribution is 2.23. The van der Waals surface area contributed by atoms with Crippen LogP contribution < -0.4 is 5.32 Å². The quantitative estimate of drug-likeness (QED) is 0.761. The molecule has 132 valence electrons. The van der Waals surface area contributed by atoms with Crippen molar-refractivity contribution in [2.45, 2.75) is 40.3 Å². The van der Waals surface area contributed by atoms with Crippen LogP contribution in [0.15, 0.2) is 34.7 Å². The molecule has 0 aliphatic rings. The van der Waals surface area contributed by atoms with E-state index in [0.717, 1.165) is 33.8 Å². The molecule has 2 amide bonds. The van der Waals surface area contributed by atoms with Crippen molar-refractivity contribution in [2.24, 2.45) is 0 Å². The minimum absolute atomic E-state index is 0.185. The number of rotatable bonds is 4. The van der Waals surface area contributed by atoms with Gasteiger partial charge in [-0.05, 0) is 39.8 Å². The SMILES string of the molecule is Cc1nn(C(C)C)c(C)c1NC(=O)N(C)Cc1cc2ccccc2o1. The van der Waals surface area contributed by atoms with E-state index in [-0.39, 0.29) is 12.1 Å². The molecule has 0 atom stereocenters. The molecular weight excluding hydrogens is 316 g/mol. The first kappa shape index (κ1) is 17.1. The summed E-state index contributed by atoms with van der Waals surface area (Å²) in [6, 6.07) is 9.85. The monoisotopic (exact) mass is 340 g/mol. The number of aryl methyl sites for hydroxylation is 1. The van der Waals surface area contributed by atoms with E-state index in [0.29, 0.717) is 6.54 Å². The first-order valence-electron chi connectivity index (χ1n) is 8.42. The highest BCUT2D eigenvalue weighted by Gasteiger charge is 2.18. The number of carbonyl (C=O) groups is 1. The van der Waals surface area contributed by atoms with E-state index in [1.807, 2.05) is 48.9 Å².